The highest BCUT2D eigenvalue weighted by molar-refractivity contribution is 7.15. The fraction of sp³-hybridized carbons (Fsp3) is 0.0667. The first-order valence-corrected chi connectivity index (χ1v) is 7.41. The average molecular weight is 311 g/mol. The lowest BCUT2D eigenvalue weighted by atomic mass is 10.1. The zero-order valence-corrected chi connectivity index (χ0v) is 12.3. The SMILES string of the molecule is Nc1nnc([C@H](NC(=O)c2ccccn2)c2ccccc2)s1. The first kappa shape index (κ1) is 14.2. The third-order valence-electron chi connectivity index (χ3n) is 3.01. The largest absolute Gasteiger partial charge is 0.374 e. The fourth-order valence-corrected chi connectivity index (χ4v) is 2.69. The highest BCUT2D eigenvalue weighted by atomic mass is 32.1. The zero-order chi connectivity index (χ0) is 15.4. The van der Waals surface area contributed by atoms with Crippen molar-refractivity contribution in [2.75, 3.05) is 5.73 Å². The second-order valence-electron chi connectivity index (χ2n) is 4.51. The summed E-state index contributed by atoms with van der Waals surface area (Å²) < 4.78 is 0. The number of pyridine rings is 1. The Morgan fingerprint density at radius 3 is 2.50 bits per heavy atom. The van der Waals surface area contributed by atoms with Crippen LogP contribution in [0.4, 0.5) is 5.13 Å². The second-order valence-corrected chi connectivity index (χ2v) is 5.55. The van der Waals surface area contributed by atoms with Gasteiger partial charge in [-0.2, -0.15) is 0 Å². The van der Waals surface area contributed by atoms with E-state index in [-0.39, 0.29) is 5.91 Å². The molecule has 7 heteroatoms. The Balaban J connectivity index is 1.91. The maximum Gasteiger partial charge on any atom is 0.270 e. The van der Waals surface area contributed by atoms with Crippen molar-refractivity contribution >= 4 is 22.4 Å². The van der Waals surface area contributed by atoms with Crippen molar-refractivity contribution in [3.63, 3.8) is 0 Å². The molecule has 0 saturated carbocycles. The van der Waals surface area contributed by atoms with E-state index < -0.39 is 6.04 Å². The standard InChI is InChI=1S/C15H13N5OS/c16-15-20-19-14(22-15)12(10-6-2-1-3-7-10)18-13(21)11-8-4-5-9-17-11/h1-9,12H,(H2,16,20)(H,18,21)/t12-/m1/s1. The molecule has 1 atom stereocenters. The molecule has 110 valence electrons. The molecule has 1 amide bonds. The molecule has 2 aromatic heterocycles. The molecule has 0 spiro atoms. The van der Waals surface area contributed by atoms with Crippen LogP contribution in [0.15, 0.2) is 54.7 Å². The Morgan fingerprint density at radius 1 is 1.09 bits per heavy atom. The van der Waals surface area contributed by atoms with Crippen LogP contribution in [0.25, 0.3) is 0 Å². The number of aromatic nitrogens is 3. The van der Waals surface area contributed by atoms with Crippen LogP contribution < -0.4 is 11.1 Å². The molecule has 0 aliphatic heterocycles. The van der Waals surface area contributed by atoms with Crippen molar-refractivity contribution in [1.29, 1.82) is 0 Å². The molecule has 3 N–H and O–H groups in total. The molecule has 3 rings (SSSR count). The number of nitrogens with two attached hydrogens (primary N) is 1. The van der Waals surface area contributed by atoms with Gasteiger partial charge >= 0.3 is 0 Å². The Hall–Kier alpha value is -2.80. The van der Waals surface area contributed by atoms with E-state index in [1.54, 1.807) is 24.4 Å². The molecule has 0 aliphatic rings. The van der Waals surface area contributed by atoms with Crippen molar-refractivity contribution in [3.05, 3.63) is 71.0 Å². The summed E-state index contributed by atoms with van der Waals surface area (Å²) in [4.78, 5) is 16.4. The Bertz CT molecular complexity index is 760. The predicted octanol–water partition coefficient (Wildman–Crippen LogP) is 2.03. The van der Waals surface area contributed by atoms with Gasteiger partial charge < -0.3 is 11.1 Å². The van der Waals surface area contributed by atoms with Gasteiger partial charge in [0.2, 0.25) is 5.13 Å². The van der Waals surface area contributed by atoms with Crippen molar-refractivity contribution in [2.45, 2.75) is 6.04 Å². The minimum Gasteiger partial charge on any atom is -0.374 e. The number of hydrogen-bond donors (Lipinski definition) is 2. The first-order valence-electron chi connectivity index (χ1n) is 6.60. The summed E-state index contributed by atoms with van der Waals surface area (Å²) in [6, 6.07) is 14.3. The number of anilines is 1. The van der Waals surface area contributed by atoms with Crippen molar-refractivity contribution < 1.29 is 4.79 Å². The van der Waals surface area contributed by atoms with Crippen LogP contribution in [0.1, 0.15) is 27.1 Å². The molecule has 2 heterocycles. The van der Waals surface area contributed by atoms with Gasteiger partial charge in [0.05, 0.1) is 0 Å². The highest BCUT2D eigenvalue weighted by Crippen LogP contribution is 2.26. The summed E-state index contributed by atoms with van der Waals surface area (Å²) in [5.74, 6) is -0.275. The normalized spacial score (nSPS) is 11.8. The number of nitrogens with zero attached hydrogens (tertiary/aromatic N) is 3. The molecule has 3 aromatic rings. The third kappa shape index (κ3) is 3.09. The molecule has 6 nitrogen and oxygen atoms in total. The molecule has 0 fully saturated rings. The smallest absolute Gasteiger partial charge is 0.270 e. The third-order valence-corrected chi connectivity index (χ3v) is 3.83. The molecular weight excluding hydrogens is 298 g/mol. The van der Waals surface area contributed by atoms with E-state index in [9.17, 15) is 4.79 Å². The first-order chi connectivity index (χ1) is 10.7. The van der Waals surface area contributed by atoms with Crippen LogP contribution in [0, 0.1) is 0 Å². The van der Waals surface area contributed by atoms with E-state index in [1.807, 2.05) is 30.3 Å². The number of benzene rings is 1. The van der Waals surface area contributed by atoms with Gasteiger partial charge in [-0.1, -0.05) is 47.7 Å². The lowest BCUT2D eigenvalue weighted by Crippen LogP contribution is -2.29. The Labute approximate surface area is 131 Å². The summed E-state index contributed by atoms with van der Waals surface area (Å²) >= 11 is 1.25. The Morgan fingerprint density at radius 2 is 1.86 bits per heavy atom. The molecule has 0 unspecified atom stereocenters. The van der Waals surface area contributed by atoms with Crippen LogP contribution in [-0.4, -0.2) is 21.1 Å². The van der Waals surface area contributed by atoms with Gasteiger partial charge in [0, 0.05) is 6.20 Å². The van der Waals surface area contributed by atoms with Crippen LogP contribution in [0.3, 0.4) is 0 Å². The number of rotatable bonds is 4. The highest BCUT2D eigenvalue weighted by Gasteiger charge is 2.21. The topological polar surface area (TPSA) is 93.8 Å². The van der Waals surface area contributed by atoms with Crippen LogP contribution in [-0.2, 0) is 0 Å². The molecule has 1 aromatic carbocycles. The second kappa shape index (κ2) is 6.31. The van der Waals surface area contributed by atoms with E-state index in [0.717, 1.165) is 5.56 Å². The average Bonchev–Trinajstić information content (AvgIpc) is 3.00. The minimum absolute atomic E-state index is 0.275. The van der Waals surface area contributed by atoms with Crippen LogP contribution >= 0.6 is 11.3 Å². The van der Waals surface area contributed by atoms with Crippen molar-refractivity contribution in [3.8, 4) is 0 Å². The van der Waals surface area contributed by atoms with Crippen molar-refractivity contribution in [1.82, 2.24) is 20.5 Å². The van der Waals surface area contributed by atoms with Gasteiger partial charge in [-0.3, -0.25) is 9.78 Å². The lowest BCUT2D eigenvalue weighted by molar-refractivity contribution is 0.0938. The quantitative estimate of drug-likeness (QED) is 0.769. The van der Waals surface area contributed by atoms with E-state index in [0.29, 0.717) is 15.8 Å². The van der Waals surface area contributed by atoms with Gasteiger partial charge in [0.15, 0.2) is 0 Å². The van der Waals surface area contributed by atoms with Gasteiger partial charge in [0.25, 0.3) is 5.91 Å². The molecule has 0 radical (unpaired) electrons. The van der Waals surface area contributed by atoms with Gasteiger partial charge in [0.1, 0.15) is 16.7 Å². The minimum atomic E-state index is -0.412. The maximum atomic E-state index is 12.4. The number of carbonyl (C=O) groups is 1. The van der Waals surface area contributed by atoms with E-state index in [1.165, 1.54) is 11.3 Å². The summed E-state index contributed by atoms with van der Waals surface area (Å²) in [5.41, 5.74) is 6.91. The summed E-state index contributed by atoms with van der Waals surface area (Å²) in [7, 11) is 0. The van der Waals surface area contributed by atoms with E-state index in [4.69, 9.17) is 5.73 Å². The number of amides is 1. The summed E-state index contributed by atoms with van der Waals surface area (Å²) in [6.07, 6.45) is 1.58. The number of carbonyl (C=O) groups excluding carboxylic acids is 1. The van der Waals surface area contributed by atoms with Crippen LogP contribution in [0.2, 0.25) is 0 Å². The number of hydrogen-bond acceptors (Lipinski definition) is 6. The van der Waals surface area contributed by atoms with Gasteiger partial charge in [-0.15, -0.1) is 10.2 Å². The number of nitrogens with one attached hydrogen (secondary N) is 1. The molecular formula is C15H13N5OS. The lowest BCUT2D eigenvalue weighted by Gasteiger charge is -2.16. The monoisotopic (exact) mass is 311 g/mol. The summed E-state index contributed by atoms with van der Waals surface area (Å²) in [5, 5.41) is 11.8. The molecule has 0 saturated heterocycles. The van der Waals surface area contributed by atoms with Gasteiger partial charge in [-0.25, -0.2) is 0 Å². The molecule has 0 aliphatic carbocycles. The van der Waals surface area contributed by atoms with Crippen LogP contribution in [0.5, 0.6) is 0 Å². The summed E-state index contributed by atoms with van der Waals surface area (Å²) in [6.45, 7) is 0. The fourth-order valence-electron chi connectivity index (χ4n) is 2.00. The zero-order valence-electron chi connectivity index (χ0n) is 11.5. The van der Waals surface area contributed by atoms with E-state index in [2.05, 4.69) is 20.5 Å². The maximum absolute atomic E-state index is 12.4. The van der Waals surface area contributed by atoms with Gasteiger partial charge in [-0.05, 0) is 17.7 Å². The van der Waals surface area contributed by atoms with E-state index >= 15 is 0 Å². The Kier molecular flexibility index (Phi) is 4.06. The molecule has 22 heavy (non-hydrogen) atoms. The predicted molar refractivity (Wildman–Crippen MR) is 84.3 cm³/mol. The molecule has 0 bridgehead atoms. The number of nitrogen functional groups attached to an aromatic ring is 1. The van der Waals surface area contributed by atoms with Crippen molar-refractivity contribution in [2.24, 2.45) is 0 Å².